The van der Waals surface area contributed by atoms with Gasteiger partial charge in [-0.2, -0.15) is 13.2 Å². The highest BCUT2D eigenvalue weighted by molar-refractivity contribution is 7.99. The highest BCUT2D eigenvalue weighted by atomic mass is 35.5. The fraction of sp³-hybridized carbons (Fsp3) is 0.143. The SMILES string of the molecule is Nc1cc(Cl)c(Oc2ccc(SCC(F)(F)F)cc2)c(Cl)c1. The van der Waals surface area contributed by atoms with Gasteiger partial charge in [0.1, 0.15) is 5.75 Å². The first-order chi connectivity index (χ1) is 10.2. The zero-order valence-corrected chi connectivity index (χ0v) is 13.3. The van der Waals surface area contributed by atoms with Gasteiger partial charge in [-0.25, -0.2) is 0 Å². The number of thioether (sulfide) groups is 1. The largest absolute Gasteiger partial charge is 0.454 e. The predicted octanol–water partition coefficient (Wildman–Crippen LogP) is 6.02. The van der Waals surface area contributed by atoms with Crippen molar-refractivity contribution in [2.24, 2.45) is 0 Å². The van der Waals surface area contributed by atoms with Gasteiger partial charge in [0.15, 0.2) is 5.75 Å². The first-order valence-corrected chi connectivity index (χ1v) is 7.71. The molecule has 0 aromatic heterocycles. The van der Waals surface area contributed by atoms with Crippen molar-refractivity contribution in [1.29, 1.82) is 0 Å². The van der Waals surface area contributed by atoms with E-state index in [0.29, 0.717) is 28.1 Å². The van der Waals surface area contributed by atoms with Crippen molar-refractivity contribution in [3.05, 3.63) is 46.4 Å². The lowest BCUT2D eigenvalue weighted by Gasteiger charge is -2.11. The van der Waals surface area contributed by atoms with Crippen molar-refractivity contribution in [3.63, 3.8) is 0 Å². The van der Waals surface area contributed by atoms with E-state index in [1.807, 2.05) is 0 Å². The van der Waals surface area contributed by atoms with Crippen LogP contribution in [0.1, 0.15) is 0 Å². The van der Waals surface area contributed by atoms with Crippen molar-refractivity contribution in [2.75, 3.05) is 11.5 Å². The van der Waals surface area contributed by atoms with Crippen molar-refractivity contribution in [1.82, 2.24) is 0 Å². The molecule has 2 N–H and O–H groups in total. The number of alkyl halides is 3. The second kappa shape index (κ2) is 6.89. The summed E-state index contributed by atoms with van der Waals surface area (Å²) in [6.45, 7) is 0. The number of halogens is 5. The average Bonchev–Trinajstić information content (AvgIpc) is 2.41. The Morgan fingerprint density at radius 2 is 1.59 bits per heavy atom. The molecule has 0 spiro atoms. The van der Waals surface area contributed by atoms with Crippen LogP contribution in [0.4, 0.5) is 18.9 Å². The van der Waals surface area contributed by atoms with Gasteiger partial charge in [0.2, 0.25) is 0 Å². The molecule has 2 rings (SSSR count). The minimum Gasteiger partial charge on any atom is -0.454 e. The molecule has 2 nitrogen and oxygen atoms in total. The molecule has 22 heavy (non-hydrogen) atoms. The van der Waals surface area contributed by atoms with Gasteiger partial charge in [-0.3, -0.25) is 0 Å². The molecular formula is C14H10Cl2F3NOS. The third kappa shape index (κ3) is 4.90. The highest BCUT2D eigenvalue weighted by Crippen LogP contribution is 2.38. The standard InChI is InChI=1S/C14H10Cl2F3NOS/c15-11-5-8(20)6-12(16)13(11)21-9-1-3-10(4-2-9)22-7-14(17,18)19/h1-6H,7,20H2. The monoisotopic (exact) mass is 367 g/mol. The highest BCUT2D eigenvalue weighted by Gasteiger charge is 2.27. The molecule has 0 aliphatic carbocycles. The van der Waals surface area contributed by atoms with E-state index < -0.39 is 11.9 Å². The second-order valence-corrected chi connectivity index (χ2v) is 6.15. The molecule has 2 aromatic carbocycles. The summed E-state index contributed by atoms with van der Waals surface area (Å²) in [5, 5.41) is 0.501. The molecule has 0 saturated heterocycles. The van der Waals surface area contributed by atoms with E-state index in [1.165, 1.54) is 24.3 Å². The van der Waals surface area contributed by atoms with Gasteiger partial charge in [-0.1, -0.05) is 23.2 Å². The summed E-state index contributed by atoms with van der Waals surface area (Å²) in [5.41, 5.74) is 5.99. The molecule has 0 fully saturated rings. The van der Waals surface area contributed by atoms with Gasteiger partial charge in [0.05, 0.1) is 15.8 Å². The zero-order chi connectivity index (χ0) is 16.3. The third-order valence-corrected chi connectivity index (χ3v) is 4.11. The van der Waals surface area contributed by atoms with Crippen molar-refractivity contribution in [2.45, 2.75) is 11.1 Å². The van der Waals surface area contributed by atoms with Crippen LogP contribution in [-0.4, -0.2) is 11.9 Å². The maximum absolute atomic E-state index is 12.1. The Bertz CT molecular complexity index is 639. The molecular weight excluding hydrogens is 358 g/mol. The molecule has 118 valence electrons. The number of nitrogens with two attached hydrogens (primary N) is 1. The summed E-state index contributed by atoms with van der Waals surface area (Å²) in [4.78, 5) is 0.485. The summed E-state index contributed by atoms with van der Waals surface area (Å²) in [6.07, 6.45) is -4.20. The number of hydrogen-bond donors (Lipinski definition) is 1. The van der Waals surface area contributed by atoms with E-state index in [-0.39, 0.29) is 15.8 Å². The van der Waals surface area contributed by atoms with Crippen LogP contribution in [0.2, 0.25) is 10.0 Å². The van der Waals surface area contributed by atoms with Crippen LogP contribution in [0, 0.1) is 0 Å². The Morgan fingerprint density at radius 3 is 2.09 bits per heavy atom. The fourth-order valence-corrected chi connectivity index (χ4v) is 2.80. The van der Waals surface area contributed by atoms with E-state index >= 15 is 0 Å². The molecule has 8 heteroatoms. The lowest BCUT2D eigenvalue weighted by atomic mass is 10.3. The number of ether oxygens (including phenoxy) is 1. The molecule has 2 aromatic rings. The van der Waals surface area contributed by atoms with Gasteiger partial charge in [0.25, 0.3) is 0 Å². The predicted molar refractivity (Wildman–Crippen MR) is 84.2 cm³/mol. The van der Waals surface area contributed by atoms with E-state index in [2.05, 4.69) is 0 Å². The Kier molecular flexibility index (Phi) is 5.36. The topological polar surface area (TPSA) is 35.2 Å². The molecule has 0 aliphatic heterocycles. The molecule has 0 bridgehead atoms. The first-order valence-electron chi connectivity index (χ1n) is 5.96. The molecule has 0 unspecified atom stereocenters. The summed E-state index contributed by atoms with van der Waals surface area (Å²) in [7, 11) is 0. The van der Waals surface area contributed by atoms with E-state index in [1.54, 1.807) is 12.1 Å². The molecule has 0 saturated carbocycles. The number of benzene rings is 2. The Balaban J connectivity index is 2.09. The van der Waals surface area contributed by atoms with Crippen molar-refractivity contribution < 1.29 is 17.9 Å². The lowest BCUT2D eigenvalue weighted by Crippen LogP contribution is -2.10. The summed E-state index contributed by atoms with van der Waals surface area (Å²) >= 11 is 12.7. The van der Waals surface area contributed by atoms with E-state index in [9.17, 15) is 13.2 Å². The van der Waals surface area contributed by atoms with Crippen LogP contribution in [0.15, 0.2) is 41.3 Å². The van der Waals surface area contributed by atoms with Crippen LogP contribution in [-0.2, 0) is 0 Å². The molecule has 0 amide bonds. The first kappa shape index (κ1) is 17.1. The number of nitrogen functional groups attached to an aromatic ring is 1. The minimum absolute atomic E-state index is 0.244. The smallest absolute Gasteiger partial charge is 0.398 e. The Hall–Kier alpha value is -1.24. The molecule has 0 aliphatic rings. The normalized spacial score (nSPS) is 11.5. The van der Waals surface area contributed by atoms with E-state index in [4.69, 9.17) is 33.7 Å². The third-order valence-electron chi connectivity index (χ3n) is 2.47. The lowest BCUT2D eigenvalue weighted by molar-refractivity contribution is -0.105. The van der Waals surface area contributed by atoms with Gasteiger partial charge in [-0.05, 0) is 36.4 Å². The fourth-order valence-electron chi connectivity index (χ4n) is 1.56. The van der Waals surface area contributed by atoms with Gasteiger partial charge in [-0.15, -0.1) is 11.8 Å². The van der Waals surface area contributed by atoms with Crippen LogP contribution in [0.3, 0.4) is 0 Å². The average molecular weight is 368 g/mol. The summed E-state index contributed by atoms with van der Waals surface area (Å²) < 4.78 is 42.0. The quantitative estimate of drug-likeness (QED) is 0.529. The van der Waals surface area contributed by atoms with Crippen molar-refractivity contribution in [3.8, 4) is 11.5 Å². The minimum atomic E-state index is -4.20. The molecule has 0 radical (unpaired) electrons. The maximum Gasteiger partial charge on any atom is 0.398 e. The number of hydrogen-bond acceptors (Lipinski definition) is 3. The summed E-state index contributed by atoms with van der Waals surface area (Å²) in [5.74, 6) is -0.291. The zero-order valence-electron chi connectivity index (χ0n) is 11.0. The van der Waals surface area contributed by atoms with Crippen LogP contribution < -0.4 is 10.5 Å². The van der Waals surface area contributed by atoms with Crippen LogP contribution in [0.5, 0.6) is 11.5 Å². The van der Waals surface area contributed by atoms with Crippen molar-refractivity contribution >= 4 is 40.7 Å². The number of anilines is 1. The van der Waals surface area contributed by atoms with Crippen LogP contribution >= 0.6 is 35.0 Å². The van der Waals surface area contributed by atoms with Gasteiger partial charge in [0, 0.05) is 10.6 Å². The van der Waals surface area contributed by atoms with Gasteiger partial charge >= 0.3 is 6.18 Å². The Morgan fingerprint density at radius 1 is 1.05 bits per heavy atom. The molecule has 0 heterocycles. The van der Waals surface area contributed by atoms with Crippen LogP contribution in [0.25, 0.3) is 0 Å². The second-order valence-electron chi connectivity index (χ2n) is 4.29. The Labute approximate surface area is 139 Å². The van der Waals surface area contributed by atoms with E-state index in [0.717, 1.165) is 0 Å². The summed E-state index contributed by atoms with van der Waals surface area (Å²) in [6, 6.07) is 9.14. The van der Waals surface area contributed by atoms with Gasteiger partial charge < -0.3 is 10.5 Å². The maximum atomic E-state index is 12.1. The number of rotatable bonds is 4. The molecule has 0 atom stereocenters.